The van der Waals surface area contributed by atoms with Gasteiger partial charge >= 0.3 is 0 Å². The molecule has 0 bridgehead atoms. The van der Waals surface area contributed by atoms with Crippen molar-refractivity contribution in [3.8, 4) is 5.75 Å². The minimum atomic E-state index is -0.277. The Morgan fingerprint density at radius 1 is 1.43 bits per heavy atom. The van der Waals surface area contributed by atoms with Crippen LogP contribution in [0.1, 0.15) is 18.4 Å². The van der Waals surface area contributed by atoms with Gasteiger partial charge in [-0.15, -0.1) is 0 Å². The first-order valence-electron chi connectivity index (χ1n) is 4.91. The van der Waals surface area contributed by atoms with Crippen LogP contribution in [-0.2, 0) is 6.54 Å². The number of nitrogens with two attached hydrogens (primary N) is 1. The van der Waals surface area contributed by atoms with Crippen molar-refractivity contribution >= 4 is 0 Å². The van der Waals surface area contributed by atoms with Crippen molar-refractivity contribution in [2.24, 2.45) is 11.7 Å². The Hall–Kier alpha value is -1.09. The molecule has 0 radical (unpaired) electrons. The molecular weight excluding hydrogens is 181 g/mol. The fourth-order valence-corrected chi connectivity index (χ4v) is 1.36. The Morgan fingerprint density at radius 3 is 2.86 bits per heavy atom. The van der Waals surface area contributed by atoms with Crippen LogP contribution in [0.15, 0.2) is 18.2 Å². The summed E-state index contributed by atoms with van der Waals surface area (Å²) in [5.74, 6) is 0.990. The predicted molar refractivity (Wildman–Crippen MR) is 52.5 cm³/mol. The van der Waals surface area contributed by atoms with Gasteiger partial charge in [0.15, 0.2) is 0 Å². The van der Waals surface area contributed by atoms with Gasteiger partial charge in [-0.2, -0.15) is 0 Å². The average molecular weight is 195 g/mol. The first-order valence-corrected chi connectivity index (χ1v) is 4.91. The second-order valence-electron chi connectivity index (χ2n) is 3.68. The Bertz CT molecular complexity index is 323. The van der Waals surface area contributed by atoms with Crippen molar-refractivity contribution in [1.82, 2.24) is 0 Å². The number of rotatable bonds is 4. The average Bonchev–Trinajstić information content (AvgIpc) is 2.98. The summed E-state index contributed by atoms with van der Waals surface area (Å²) in [5.41, 5.74) is 5.93. The SMILES string of the molecule is NCc1c(F)cccc1OCC1CC1. The first-order chi connectivity index (χ1) is 6.81. The molecule has 2 N–H and O–H groups in total. The Kier molecular flexibility index (Phi) is 2.68. The maximum Gasteiger partial charge on any atom is 0.131 e. The van der Waals surface area contributed by atoms with Crippen LogP contribution in [0.2, 0.25) is 0 Å². The highest BCUT2D eigenvalue weighted by Crippen LogP contribution is 2.30. The quantitative estimate of drug-likeness (QED) is 0.798. The van der Waals surface area contributed by atoms with Gasteiger partial charge in [-0.1, -0.05) is 6.07 Å². The van der Waals surface area contributed by atoms with Crippen molar-refractivity contribution in [2.75, 3.05) is 6.61 Å². The van der Waals surface area contributed by atoms with Gasteiger partial charge in [0.25, 0.3) is 0 Å². The van der Waals surface area contributed by atoms with Gasteiger partial charge in [-0.05, 0) is 30.9 Å². The van der Waals surface area contributed by atoms with E-state index >= 15 is 0 Å². The molecule has 0 amide bonds. The van der Waals surface area contributed by atoms with E-state index in [1.54, 1.807) is 12.1 Å². The van der Waals surface area contributed by atoms with E-state index in [4.69, 9.17) is 10.5 Å². The summed E-state index contributed by atoms with van der Waals surface area (Å²) < 4.78 is 18.7. The van der Waals surface area contributed by atoms with Crippen LogP contribution in [0, 0.1) is 11.7 Å². The molecule has 1 fully saturated rings. The van der Waals surface area contributed by atoms with Crippen LogP contribution in [-0.4, -0.2) is 6.61 Å². The largest absolute Gasteiger partial charge is 0.493 e. The number of ether oxygens (including phenoxy) is 1. The molecule has 0 saturated heterocycles. The molecule has 1 saturated carbocycles. The molecule has 0 spiro atoms. The predicted octanol–water partition coefficient (Wildman–Crippen LogP) is 2.07. The second-order valence-corrected chi connectivity index (χ2v) is 3.68. The zero-order valence-corrected chi connectivity index (χ0v) is 8.00. The Morgan fingerprint density at radius 2 is 2.21 bits per heavy atom. The van der Waals surface area contributed by atoms with Crippen molar-refractivity contribution < 1.29 is 9.13 Å². The molecule has 1 aromatic carbocycles. The fourth-order valence-electron chi connectivity index (χ4n) is 1.36. The van der Waals surface area contributed by atoms with E-state index in [0.29, 0.717) is 23.8 Å². The molecule has 3 heteroatoms. The number of hydrogen-bond acceptors (Lipinski definition) is 2. The molecule has 76 valence electrons. The molecule has 1 aliphatic carbocycles. The summed E-state index contributed by atoms with van der Waals surface area (Å²) in [7, 11) is 0. The second kappa shape index (κ2) is 3.96. The molecule has 14 heavy (non-hydrogen) atoms. The maximum atomic E-state index is 13.2. The molecule has 0 atom stereocenters. The number of halogens is 1. The minimum absolute atomic E-state index is 0.187. The third kappa shape index (κ3) is 2.04. The van der Waals surface area contributed by atoms with Gasteiger partial charge in [0.05, 0.1) is 6.61 Å². The van der Waals surface area contributed by atoms with E-state index in [1.807, 2.05) is 0 Å². The lowest BCUT2D eigenvalue weighted by molar-refractivity contribution is 0.295. The first kappa shape index (κ1) is 9.46. The summed E-state index contributed by atoms with van der Waals surface area (Å²) in [4.78, 5) is 0. The van der Waals surface area contributed by atoms with Crippen LogP contribution in [0.3, 0.4) is 0 Å². The van der Waals surface area contributed by atoms with Crippen molar-refractivity contribution in [1.29, 1.82) is 0 Å². The molecule has 2 nitrogen and oxygen atoms in total. The number of hydrogen-bond donors (Lipinski definition) is 1. The van der Waals surface area contributed by atoms with Gasteiger partial charge in [0, 0.05) is 12.1 Å². The van der Waals surface area contributed by atoms with E-state index in [9.17, 15) is 4.39 Å². The van der Waals surface area contributed by atoms with Gasteiger partial charge in [0.1, 0.15) is 11.6 Å². The molecule has 0 aromatic heterocycles. The van der Waals surface area contributed by atoms with E-state index < -0.39 is 0 Å². The molecular formula is C11H14FNO. The van der Waals surface area contributed by atoms with Gasteiger partial charge in [0.2, 0.25) is 0 Å². The highest BCUT2D eigenvalue weighted by atomic mass is 19.1. The van der Waals surface area contributed by atoms with E-state index in [1.165, 1.54) is 18.9 Å². The topological polar surface area (TPSA) is 35.2 Å². The lowest BCUT2D eigenvalue weighted by atomic mass is 10.2. The van der Waals surface area contributed by atoms with Crippen LogP contribution in [0.25, 0.3) is 0 Å². The summed E-state index contributed by atoms with van der Waals surface area (Å²) in [6.07, 6.45) is 2.46. The highest BCUT2D eigenvalue weighted by Gasteiger charge is 2.22. The molecule has 0 aliphatic heterocycles. The van der Waals surface area contributed by atoms with Crippen LogP contribution in [0.4, 0.5) is 4.39 Å². The lowest BCUT2D eigenvalue weighted by Gasteiger charge is -2.10. The lowest BCUT2D eigenvalue weighted by Crippen LogP contribution is -2.06. The molecule has 0 unspecified atom stereocenters. The third-order valence-corrected chi connectivity index (χ3v) is 2.45. The van der Waals surface area contributed by atoms with Gasteiger partial charge in [-0.25, -0.2) is 4.39 Å². The monoisotopic (exact) mass is 195 g/mol. The Labute approximate surface area is 82.9 Å². The molecule has 2 rings (SSSR count). The standard InChI is InChI=1S/C11H14FNO/c12-10-2-1-3-11(9(10)6-13)14-7-8-4-5-8/h1-3,8H,4-7,13H2. The van der Waals surface area contributed by atoms with Crippen molar-refractivity contribution in [3.63, 3.8) is 0 Å². The normalized spacial score (nSPS) is 15.6. The van der Waals surface area contributed by atoms with E-state index in [-0.39, 0.29) is 12.4 Å². The van der Waals surface area contributed by atoms with Crippen molar-refractivity contribution in [2.45, 2.75) is 19.4 Å². The number of benzene rings is 1. The van der Waals surface area contributed by atoms with E-state index in [2.05, 4.69) is 0 Å². The summed E-state index contributed by atoms with van der Waals surface area (Å²) >= 11 is 0. The maximum absolute atomic E-state index is 13.2. The minimum Gasteiger partial charge on any atom is -0.493 e. The molecule has 1 aliphatic rings. The Balaban J connectivity index is 2.09. The van der Waals surface area contributed by atoms with Crippen LogP contribution >= 0.6 is 0 Å². The summed E-state index contributed by atoms with van der Waals surface area (Å²) in [5, 5.41) is 0. The molecule has 0 heterocycles. The molecule has 1 aromatic rings. The van der Waals surface area contributed by atoms with Gasteiger partial charge in [-0.3, -0.25) is 0 Å². The van der Waals surface area contributed by atoms with E-state index in [0.717, 1.165) is 0 Å². The summed E-state index contributed by atoms with van der Waals surface area (Å²) in [6, 6.07) is 4.83. The summed E-state index contributed by atoms with van der Waals surface area (Å²) in [6.45, 7) is 0.878. The third-order valence-electron chi connectivity index (χ3n) is 2.45. The van der Waals surface area contributed by atoms with Crippen LogP contribution in [0.5, 0.6) is 5.75 Å². The zero-order chi connectivity index (χ0) is 9.97. The zero-order valence-electron chi connectivity index (χ0n) is 8.00. The smallest absolute Gasteiger partial charge is 0.131 e. The highest BCUT2D eigenvalue weighted by molar-refractivity contribution is 5.34. The van der Waals surface area contributed by atoms with Crippen molar-refractivity contribution in [3.05, 3.63) is 29.6 Å². The van der Waals surface area contributed by atoms with Gasteiger partial charge < -0.3 is 10.5 Å². The fraction of sp³-hybridized carbons (Fsp3) is 0.455. The van der Waals surface area contributed by atoms with Crippen LogP contribution < -0.4 is 10.5 Å².